The summed E-state index contributed by atoms with van der Waals surface area (Å²) in [6.07, 6.45) is -0.911. The van der Waals surface area contributed by atoms with Crippen LogP contribution in [-0.2, 0) is 5.41 Å². The molecule has 0 amide bonds. The summed E-state index contributed by atoms with van der Waals surface area (Å²) in [5, 5.41) is 19.4. The fourth-order valence-corrected chi connectivity index (χ4v) is 2.65. The Balaban J connectivity index is 2.30. The van der Waals surface area contributed by atoms with E-state index < -0.39 is 12.1 Å². The van der Waals surface area contributed by atoms with Crippen molar-refractivity contribution in [1.82, 2.24) is 0 Å². The summed E-state index contributed by atoms with van der Waals surface area (Å²) in [6, 6.07) is 12.2. The van der Waals surface area contributed by atoms with Crippen molar-refractivity contribution in [3.63, 3.8) is 0 Å². The molecule has 2 aromatic carbocycles. The quantitative estimate of drug-likeness (QED) is 0.825. The van der Waals surface area contributed by atoms with Crippen molar-refractivity contribution in [1.29, 1.82) is 0 Å². The van der Waals surface area contributed by atoms with Crippen molar-refractivity contribution >= 4 is 11.7 Å². The van der Waals surface area contributed by atoms with Gasteiger partial charge in [-0.2, -0.15) is 0 Å². The van der Waals surface area contributed by atoms with Gasteiger partial charge >= 0.3 is 5.97 Å². The minimum Gasteiger partial charge on any atom is -0.478 e. The zero-order chi connectivity index (χ0) is 19.5. The summed E-state index contributed by atoms with van der Waals surface area (Å²) >= 11 is 0. The molecular formula is C22H25NO3. The molecule has 26 heavy (non-hydrogen) atoms. The number of nitrogens with zero attached hydrogens (tertiary/aromatic N) is 1. The molecule has 2 N–H and O–H groups in total. The summed E-state index contributed by atoms with van der Waals surface area (Å²) in [7, 11) is 4.00. The molecule has 1 atom stereocenters. The van der Waals surface area contributed by atoms with Crippen LogP contribution < -0.4 is 4.90 Å². The first-order valence-corrected chi connectivity index (χ1v) is 8.44. The topological polar surface area (TPSA) is 60.8 Å². The summed E-state index contributed by atoms with van der Waals surface area (Å²) < 4.78 is 0. The maximum absolute atomic E-state index is 10.9. The van der Waals surface area contributed by atoms with Gasteiger partial charge in [-0.25, -0.2) is 4.79 Å². The molecular weight excluding hydrogens is 326 g/mol. The van der Waals surface area contributed by atoms with Gasteiger partial charge in [-0.05, 0) is 52.9 Å². The predicted molar refractivity (Wildman–Crippen MR) is 105 cm³/mol. The molecule has 0 aliphatic rings. The van der Waals surface area contributed by atoms with Gasteiger partial charge < -0.3 is 15.1 Å². The minimum atomic E-state index is -0.972. The number of benzene rings is 2. The number of hydrogen-bond acceptors (Lipinski definition) is 3. The molecule has 0 aliphatic heterocycles. The van der Waals surface area contributed by atoms with Crippen LogP contribution in [-0.4, -0.2) is 30.3 Å². The van der Waals surface area contributed by atoms with E-state index in [4.69, 9.17) is 5.11 Å². The average molecular weight is 351 g/mol. The number of aliphatic hydroxyl groups is 1. The smallest absolute Gasteiger partial charge is 0.335 e. The molecule has 4 nitrogen and oxygen atoms in total. The van der Waals surface area contributed by atoms with Crippen LogP contribution >= 0.6 is 0 Å². The van der Waals surface area contributed by atoms with Gasteiger partial charge in [0.25, 0.3) is 0 Å². The zero-order valence-electron chi connectivity index (χ0n) is 15.9. The van der Waals surface area contributed by atoms with Crippen LogP contribution in [0.2, 0.25) is 0 Å². The van der Waals surface area contributed by atoms with Crippen molar-refractivity contribution in [2.24, 2.45) is 0 Å². The van der Waals surface area contributed by atoms with Gasteiger partial charge in [-0.1, -0.05) is 38.7 Å². The standard InChI is InChI=1S/C22H25NO3/c1-22(2,3)18-14-17(11-12-19(18)23(4)5)20(24)13-8-15-6-9-16(10-7-15)21(25)26/h6-7,9-12,14,20,24H,1-5H3,(H,25,26). The van der Waals surface area contributed by atoms with E-state index in [9.17, 15) is 9.90 Å². The Morgan fingerprint density at radius 3 is 2.19 bits per heavy atom. The maximum atomic E-state index is 10.9. The van der Waals surface area contributed by atoms with E-state index in [1.165, 1.54) is 12.1 Å². The first-order chi connectivity index (χ1) is 12.1. The molecule has 1 unspecified atom stereocenters. The predicted octanol–water partition coefficient (Wildman–Crippen LogP) is 3.83. The molecule has 0 saturated carbocycles. The van der Waals surface area contributed by atoms with Crippen LogP contribution in [0.5, 0.6) is 0 Å². The Kier molecular flexibility index (Phi) is 5.74. The normalized spacial score (nSPS) is 12.1. The second kappa shape index (κ2) is 7.63. The fraction of sp³-hybridized carbons (Fsp3) is 0.318. The summed E-state index contributed by atoms with van der Waals surface area (Å²) in [6.45, 7) is 6.42. The van der Waals surface area contributed by atoms with E-state index in [1.54, 1.807) is 12.1 Å². The van der Waals surface area contributed by atoms with Crippen molar-refractivity contribution in [3.8, 4) is 11.8 Å². The van der Waals surface area contributed by atoms with E-state index in [2.05, 4.69) is 37.5 Å². The van der Waals surface area contributed by atoms with Gasteiger partial charge in [-0.15, -0.1) is 0 Å². The van der Waals surface area contributed by atoms with E-state index in [-0.39, 0.29) is 11.0 Å². The van der Waals surface area contributed by atoms with Crippen LogP contribution in [0.4, 0.5) is 5.69 Å². The molecule has 0 bridgehead atoms. The van der Waals surface area contributed by atoms with Crippen molar-refractivity contribution in [2.75, 3.05) is 19.0 Å². The van der Waals surface area contributed by atoms with Crippen LogP contribution in [0, 0.1) is 11.8 Å². The largest absolute Gasteiger partial charge is 0.478 e. The Morgan fingerprint density at radius 2 is 1.69 bits per heavy atom. The lowest BCUT2D eigenvalue weighted by Gasteiger charge is -2.27. The molecule has 0 heterocycles. The minimum absolute atomic E-state index is 0.0601. The first kappa shape index (κ1) is 19.6. The third-order valence-corrected chi connectivity index (χ3v) is 4.11. The number of anilines is 1. The van der Waals surface area contributed by atoms with E-state index in [0.717, 1.165) is 16.8 Å². The maximum Gasteiger partial charge on any atom is 0.335 e. The van der Waals surface area contributed by atoms with Crippen LogP contribution in [0.3, 0.4) is 0 Å². The highest BCUT2D eigenvalue weighted by molar-refractivity contribution is 5.87. The SMILES string of the molecule is CN(C)c1ccc(C(O)C#Cc2ccc(C(=O)O)cc2)cc1C(C)(C)C. The van der Waals surface area contributed by atoms with Gasteiger partial charge in [-0.3, -0.25) is 0 Å². The van der Waals surface area contributed by atoms with Gasteiger partial charge in [0.05, 0.1) is 5.56 Å². The molecule has 2 aromatic rings. The van der Waals surface area contributed by atoms with Gasteiger partial charge in [0, 0.05) is 25.3 Å². The lowest BCUT2D eigenvalue weighted by atomic mass is 9.84. The fourth-order valence-electron chi connectivity index (χ4n) is 2.65. The third kappa shape index (κ3) is 4.65. The average Bonchev–Trinajstić information content (AvgIpc) is 2.58. The molecule has 0 fully saturated rings. The number of aliphatic hydroxyl groups excluding tert-OH is 1. The molecule has 0 aromatic heterocycles. The van der Waals surface area contributed by atoms with Crippen LogP contribution in [0.15, 0.2) is 42.5 Å². The van der Waals surface area contributed by atoms with Gasteiger partial charge in [0.2, 0.25) is 0 Å². The lowest BCUT2D eigenvalue weighted by Crippen LogP contribution is -2.19. The van der Waals surface area contributed by atoms with Crippen molar-refractivity contribution < 1.29 is 15.0 Å². The highest BCUT2D eigenvalue weighted by Crippen LogP contribution is 2.33. The Morgan fingerprint density at radius 1 is 1.08 bits per heavy atom. The lowest BCUT2D eigenvalue weighted by molar-refractivity contribution is 0.0697. The number of carboxylic acids is 1. The van der Waals surface area contributed by atoms with Gasteiger partial charge in [0.1, 0.15) is 6.10 Å². The van der Waals surface area contributed by atoms with Crippen molar-refractivity contribution in [2.45, 2.75) is 32.3 Å². The molecule has 0 spiro atoms. The Hall–Kier alpha value is -2.77. The van der Waals surface area contributed by atoms with Crippen LogP contribution in [0.25, 0.3) is 0 Å². The highest BCUT2D eigenvalue weighted by Gasteiger charge is 2.20. The summed E-state index contributed by atoms with van der Waals surface area (Å²) in [5.74, 6) is 4.77. The van der Waals surface area contributed by atoms with E-state index in [0.29, 0.717) is 5.56 Å². The number of carboxylic acid groups (broad SMARTS) is 1. The number of carbonyl (C=O) groups is 1. The van der Waals surface area contributed by atoms with Crippen molar-refractivity contribution in [3.05, 3.63) is 64.7 Å². The number of hydrogen-bond donors (Lipinski definition) is 2. The summed E-state index contributed by atoms with van der Waals surface area (Å²) in [4.78, 5) is 12.9. The Bertz CT molecular complexity index is 850. The summed E-state index contributed by atoms with van der Waals surface area (Å²) in [5.41, 5.74) is 3.82. The number of rotatable bonds is 3. The zero-order valence-corrected chi connectivity index (χ0v) is 15.9. The van der Waals surface area contributed by atoms with Gasteiger partial charge in [0.15, 0.2) is 0 Å². The molecule has 4 heteroatoms. The second-order valence-electron chi connectivity index (χ2n) is 7.48. The first-order valence-electron chi connectivity index (χ1n) is 8.44. The van der Waals surface area contributed by atoms with Crippen LogP contribution in [0.1, 0.15) is 53.9 Å². The van der Waals surface area contributed by atoms with E-state index >= 15 is 0 Å². The highest BCUT2D eigenvalue weighted by atomic mass is 16.4. The number of aromatic carboxylic acids is 1. The molecule has 0 aliphatic carbocycles. The molecule has 0 radical (unpaired) electrons. The molecule has 0 saturated heterocycles. The monoisotopic (exact) mass is 351 g/mol. The molecule has 2 rings (SSSR count). The van der Waals surface area contributed by atoms with E-state index in [1.807, 2.05) is 32.3 Å². The molecule has 136 valence electrons. The Labute approximate surface area is 155 Å². The second-order valence-corrected chi connectivity index (χ2v) is 7.48. The third-order valence-electron chi connectivity index (χ3n) is 4.11.